The maximum absolute atomic E-state index is 12.9. The van der Waals surface area contributed by atoms with Crippen LogP contribution in [-0.4, -0.2) is 70.1 Å². The number of amides is 1. The van der Waals surface area contributed by atoms with Crippen LogP contribution in [-0.2, 0) is 33.8 Å². The molecule has 0 aliphatic heterocycles. The van der Waals surface area contributed by atoms with E-state index in [0.717, 1.165) is 16.4 Å². The van der Waals surface area contributed by atoms with Gasteiger partial charge in [-0.3, -0.25) is 4.79 Å². The van der Waals surface area contributed by atoms with Crippen molar-refractivity contribution in [3.63, 3.8) is 0 Å². The number of halogens is 6. The average Bonchev–Trinajstić information content (AvgIpc) is 3.63. The fourth-order valence-corrected chi connectivity index (χ4v) is 3.77. The first-order valence-corrected chi connectivity index (χ1v) is 13.4. The van der Waals surface area contributed by atoms with E-state index in [1.54, 1.807) is 20.2 Å². The molecule has 248 valence electrons. The Hall–Kier alpha value is -4.81. The maximum atomic E-state index is 12.9. The smallest absolute Gasteiger partial charge is 0.490 e. The molecular formula is C26H28F6N4O8S. The number of ether oxygens (including phenoxy) is 2. The molecule has 0 radical (unpaired) electrons. The SMILES string of the molecule is CCOC(=O)c1c(CNc2ccc(OC)cc2)[nH]c(C(=O)NCc2nccs2)c1CC.O=C(O)C(F)(F)F.O=C(O)C(F)(F)F. The third-order valence-electron chi connectivity index (χ3n) is 5.17. The molecule has 3 rings (SSSR count). The van der Waals surface area contributed by atoms with Crippen LogP contribution in [0.4, 0.5) is 32.0 Å². The lowest BCUT2D eigenvalue weighted by molar-refractivity contribution is -0.193. The van der Waals surface area contributed by atoms with Crippen LogP contribution in [0.3, 0.4) is 0 Å². The Morgan fingerprint density at radius 3 is 1.93 bits per heavy atom. The largest absolute Gasteiger partial charge is 0.497 e. The van der Waals surface area contributed by atoms with Crippen LogP contribution in [0.5, 0.6) is 5.75 Å². The molecule has 45 heavy (non-hydrogen) atoms. The highest BCUT2D eigenvalue weighted by Crippen LogP contribution is 2.24. The number of methoxy groups -OCH3 is 1. The molecule has 3 aromatic rings. The van der Waals surface area contributed by atoms with Crippen LogP contribution in [0, 0.1) is 0 Å². The number of alkyl halides is 6. The number of aromatic amines is 1. The topological polar surface area (TPSA) is 180 Å². The number of thiazole rings is 1. The Kier molecular flexibility index (Phi) is 14.8. The summed E-state index contributed by atoms with van der Waals surface area (Å²) < 4.78 is 73.9. The first kappa shape index (κ1) is 38.2. The van der Waals surface area contributed by atoms with E-state index in [4.69, 9.17) is 29.3 Å². The summed E-state index contributed by atoms with van der Waals surface area (Å²) >= 11 is 1.47. The van der Waals surface area contributed by atoms with Gasteiger partial charge in [0.15, 0.2) is 0 Å². The van der Waals surface area contributed by atoms with Crippen molar-refractivity contribution in [2.45, 2.75) is 45.7 Å². The second-order valence-corrected chi connectivity index (χ2v) is 9.18. The molecule has 0 spiro atoms. The third kappa shape index (κ3) is 12.8. The maximum Gasteiger partial charge on any atom is 0.490 e. The van der Waals surface area contributed by atoms with Gasteiger partial charge in [-0.15, -0.1) is 11.3 Å². The van der Waals surface area contributed by atoms with E-state index in [9.17, 15) is 35.9 Å². The highest BCUT2D eigenvalue weighted by molar-refractivity contribution is 7.09. The number of esters is 1. The Morgan fingerprint density at radius 1 is 0.956 bits per heavy atom. The van der Waals surface area contributed by atoms with Gasteiger partial charge in [-0.1, -0.05) is 6.92 Å². The van der Waals surface area contributed by atoms with E-state index in [1.807, 2.05) is 36.6 Å². The fraction of sp³-hybridized carbons (Fsp3) is 0.346. The molecule has 0 aliphatic rings. The van der Waals surface area contributed by atoms with E-state index in [0.29, 0.717) is 42.0 Å². The molecule has 0 unspecified atom stereocenters. The fourth-order valence-electron chi connectivity index (χ4n) is 3.21. The zero-order valence-corrected chi connectivity index (χ0v) is 24.6. The van der Waals surface area contributed by atoms with E-state index in [1.165, 1.54) is 11.3 Å². The number of H-pyrrole nitrogens is 1. The lowest BCUT2D eigenvalue weighted by Crippen LogP contribution is -2.24. The number of aromatic nitrogens is 2. The third-order valence-corrected chi connectivity index (χ3v) is 5.95. The van der Waals surface area contributed by atoms with Crippen LogP contribution in [0.2, 0.25) is 0 Å². The monoisotopic (exact) mass is 670 g/mol. The lowest BCUT2D eigenvalue weighted by atomic mass is 10.1. The number of carbonyl (C=O) groups excluding carboxylic acids is 2. The number of anilines is 1. The molecule has 5 N–H and O–H groups in total. The highest BCUT2D eigenvalue weighted by atomic mass is 32.1. The Bertz CT molecular complexity index is 1380. The van der Waals surface area contributed by atoms with Crippen LogP contribution in [0.1, 0.15) is 51.0 Å². The van der Waals surface area contributed by atoms with Crippen LogP contribution >= 0.6 is 11.3 Å². The number of carbonyl (C=O) groups is 4. The summed E-state index contributed by atoms with van der Waals surface area (Å²) in [6, 6.07) is 7.46. The molecular weight excluding hydrogens is 642 g/mol. The number of aliphatic carboxylic acids is 2. The molecule has 0 fully saturated rings. The van der Waals surface area contributed by atoms with E-state index in [-0.39, 0.29) is 12.5 Å². The van der Waals surface area contributed by atoms with Gasteiger partial charge in [-0.25, -0.2) is 19.4 Å². The number of carboxylic acid groups (broad SMARTS) is 2. The van der Waals surface area contributed by atoms with Crippen molar-refractivity contribution in [3.8, 4) is 5.75 Å². The van der Waals surface area contributed by atoms with Gasteiger partial charge >= 0.3 is 30.3 Å². The van der Waals surface area contributed by atoms with E-state index in [2.05, 4.69) is 20.6 Å². The lowest BCUT2D eigenvalue weighted by Gasteiger charge is -2.09. The second kappa shape index (κ2) is 17.5. The Morgan fingerprint density at radius 2 is 1.51 bits per heavy atom. The minimum atomic E-state index is -5.08. The van der Waals surface area contributed by atoms with Crippen LogP contribution in [0.15, 0.2) is 35.8 Å². The standard InChI is InChI=1S/C22H26N4O4S.2C2HF3O2/c1-4-16-19(22(28)30-5-2)17(12-24-14-6-8-15(29-3)9-7-14)26-20(16)21(27)25-13-18-23-10-11-31-18;2*3-2(4,5)1(6)7/h6-11,24,26H,4-5,12-13H2,1-3H3,(H,25,27);2*(H,6,7). The van der Waals surface area contributed by atoms with Gasteiger partial charge in [-0.05, 0) is 43.2 Å². The average molecular weight is 671 g/mol. The second-order valence-electron chi connectivity index (χ2n) is 8.20. The Labute approximate surface area is 255 Å². The van der Waals surface area contributed by atoms with Crippen molar-refractivity contribution in [1.29, 1.82) is 0 Å². The predicted molar refractivity (Wildman–Crippen MR) is 147 cm³/mol. The molecule has 0 atom stereocenters. The molecule has 0 aliphatic carbocycles. The molecule has 2 heterocycles. The van der Waals surface area contributed by atoms with Gasteiger partial charge in [0.25, 0.3) is 5.91 Å². The first-order chi connectivity index (χ1) is 21.0. The summed E-state index contributed by atoms with van der Waals surface area (Å²) in [6.07, 6.45) is -7.97. The Balaban J connectivity index is 0.000000601. The number of hydrogen-bond acceptors (Lipinski definition) is 9. The normalized spacial score (nSPS) is 10.8. The van der Waals surface area contributed by atoms with Crippen molar-refractivity contribution in [2.75, 3.05) is 19.0 Å². The molecule has 19 heteroatoms. The highest BCUT2D eigenvalue weighted by Gasteiger charge is 2.38. The number of nitrogens with one attached hydrogen (secondary N) is 3. The summed E-state index contributed by atoms with van der Waals surface area (Å²) in [5, 5.41) is 23.1. The van der Waals surface area contributed by atoms with Crippen LogP contribution < -0.4 is 15.4 Å². The summed E-state index contributed by atoms with van der Waals surface area (Å²) in [6.45, 7) is 4.57. The molecule has 0 saturated carbocycles. The number of nitrogens with zero attached hydrogens (tertiary/aromatic N) is 1. The minimum absolute atomic E-state index is 0.254. The molecule has 0 bridgehead atoms. The van der Waals surface area contributed by atoms with Gasteiger partial charge in [0, 0.05) is 23.0 Å². The van der Waals surface area contributed by atoms with Crippen molar-refractivity contribution in [2.24, 2.45) is 0 Å². The quantitative estimate of drug-likeness (QED) is 0.145. The van der Waals surface area contributed by atoms with Crippen molar-refractivity contribution in [1.82, 2.24) is 15.3 Å². The van der Waals surface area contributed by atoms with E-state index >= 15 is 0 Å². The number of carboxylic acids is 2. The summed E-state index contributed by atoms with van der Waals surface area (Å²) in [5.41, 5.74) is 2.88. The minimum Gasteiger partial charge on any atom is -0.497 e. The molecule has 1 aromatic carbocycles. The molecule has 1 amide bonds. The van der Waals surface area contributed by atoms with Gasteiger partial charge in [-0.2, -0.15) is 26.3 Å². The summed E-state index contributed by atoms with van der Waals surface area (Å²) in [4.78, 5) is 50.7. The van der Waals surface area contributed by atoms with Gasteiger partial charge in [0.2, 0.25) is 0 Å². The van der Waals surface area contributed by atoms with Crippen molar-refractivity contribution < 1.29 is 65.2 Å². The molecule has 0 saturated heterocycles. The summed E-state index contributed by atoms with van der Waals surface area (Å²) in [7, 11) is 1.61. The molecule has 12 nitrogen and oxygen atoms in total. The van der Waals surface area contributed by atoms with Crippen LogP contribution in [0.25, 0.3) is 0 Å². The number of rotatable bonds is 10. The van der Waals surface area contributed by atoms with Gasteiger partial charge in [0.05, 0.1) is 32.4 Å². The van der Waals surface area contributed by atoms with Crippen molar-refractivity contribution in [3.05, 3.63) is 63.4 Å². The van der Waals surface area contributed by atoms with Gasteiger partial charge in [0.1, 0.15) is 16.5 Å². The number of hydrogen-bond donors (Lipinski definition) is 5. The van der Waals surface area contributed by atoms with Crippen molar-refractivity contribution >= 4 is 40.8 Å². The zero-order chi connectivity index (χ0) is 34.4. The number of benzene rings is 1. The first-order valence-electron chi connectivity index (χ1n) is 12.5. The zero-order valence-electron chi connectivity index (χ0n) is 23.8. The summed E-state index contributed by atoms with van der Waals surface area (Å²) in [5.74, 6) is -5.49. The predicted octanol–water partition coefficient (Wildman–Crippen LogP) is 5.03. The van der Waals surface area contributed by atoms with Gasteiger partial charge < -0.3 is 35.3 Å². The molecule has 2 aromatic heterocycles. The van der Waals surface area contributed by atoms with E-state index < -0.39 is 30.3 Å².